The highest BCUT2D eigenvalue weighted by Crippen LogP contribution is 1.67. The second-order valence-corrected chi connectivity index (χ2v) is 1.80. The van der Waals surface area contributed by atoms with Crippen molar-refractivity contribution in [2.75, 3.05) is 0 Å². The first kappa shape index (κ1) is 42.2. The quantitative estimate of drug-likeness (QED) is 0.372. The van der Waals surface area contributed by atoms with Crippen molar-refractivity contribution in [3.8, 4) is 0 Å². The van der Waals surface area contributed by atoms with Gasteiger partial charge in [-0.15, -0.1) is 49.6 Å². The number of rotatable bonds is 0. The lowest BCUT2D eigenvalue weighted by Gasteiger charge is -1.91. The topological polar surface area (TPSA) is 80.9 Å². The zero-order valence-corrected chi connectivity index (χ0v) is 8.19. The van der Waals surface area contributed by atoms with Crippen LogP contribution >= 0.6 is 49.6 Å². The molecule has 0 unspecified atom stereocenters. The summed E-state index contributed by atoms with van der Waals surface area (Å²) in [7, 11) is -4.61. The van der Waals surface area contributed by atoms with E-state index in [2.05, 4.69) is 0 Å². The monoisotopic (exact) mass is 272 g/mol. The van der Waals surface area contributed by atoms with Crippen molar-refractivity contribution in [3.63, 3.8) is 0 Å². The second-order valence-electron chi connectivity index (χ2n) is 0.600. The molecule has 0 rings (SSSR count). The Morgan fingerprint density at radius 2 is 0.600 bits per heavy atom. The van der Waals surface area contributed by atoms with E-state index in [1.807, 2.05) is 0 Å². The molecule has 0 heterocycles. The van der Waals surface area contributed by atoms with Crippen molar-refractivity contribution in [1.29, 1.82) is 0 Å². The molecule has 10 heteroatoms. The van der Waals surface area contributed by atoms with Crippen molar-refractivity contribution in [2.45, 2.75) is 0 Å². The third-order valence-electron chi connectivity index (χ3n) is 0. The summed E-state index contributed by atoms with van der Waals surface area (Å²) >= 11 is 0. The van der Waals surface area contributed by atoms with Crippen LogP contribution in [0.4, 0.5) is 0 Å². The van der Waals surface area contributed by atoms with Crippen LogP contribution in [-0.4, -0.2) is 39.2 Å². The molecule has 4 N–H and O–H groups in total. The second kappa shape index (κ2) is 16.8. The maximum Gasteiger partial charge on any atom is 0.668 e. The molecule has 0 saturated carbocycles. The maximum atomic E-state index is 7.33. The molecule has 72 valence electrons. The molecular weight excluding hydrogens is 262 g/mol. The summed E-state index contributed by atoms with van der Waals surface area (Å²) in [4.78, 5) is 29.3. The Kier molecular flexibility index (Phi) is 70.8. The molecular formula is H12Cl4O4Si2. The lowest BCUT2D eigenvalue weighted by Crippen LogP contribution is -2.33. The van der Waals surface area contributed by atoms with E-state index in [-0.39, 0.29) is 60.6 Å². The summed E-state index contributed by atoms with van der Waals surface area (Å²) in [5, 5.41) is 0. The maximum absolute atomic E-state index is 7.33. The van der Waals surface area contributed by atoms with E-state index >= 15 is 0 Å². The molecule has 0 radical (unpaired) electrons. The minimum Gasteiger partial charge on any atom is -0.368 e. The van der Waals surface area contributed by atoms with Crippen molar-refractivity contribution < 1.29 is 19.2 Å². The smallest absolute Gasteiger partial charge is 0.368 e. The summed E-state index contributed by atoms with van der Waals surface area (Å²) in [5.74, 6) is 0. The summed E-state index contributed by atoms with van der Waals surface area (Å²) < 4.78 is 0. The van der Waals surface area contributed by atoms with Gasteiger partial charge in [0, 0.05) is 0 Å². The highest BCUT2D eigenvalue weighted by atomic mass is 35.5. The lowest BCUT2D eigenvalue weighted by molar-refractivity contribution is 0.117. The minimum atomic E-state index is -4.61. The van der Waals surface area contributed by atoms with Crippen LogP contribution in [0.1, 0.15) is 0 Å². The Labute approximate surface area is 88.8 Å². The Morgan fingerprint density at radius 3 is 0.600 bits per heavy atom. The molecule has 10 heavy (non-hydrogen) atoms. The van der Waals surface area contributed by atoms with E-state index in [1.165, 1.54) is 0 Å². The third kappa shape index (κ3) is 326. The van der Waals surface area contributed by atoms with Crippen LogP contribution in [0.2, 0.25) is 0 Å². The fourth-order valence-corrected chi connectivity index (χ4v) is 0. The first-order valence-corrected chi connectivity index (χ1v) is 2.68. The molecule has 0 fully saturated rings. The average molecular weight is 274 g/mol. The summed E-state index contributed by atoms with van der Waals surface area (Å²) in [5.41, 5.74) is 0. The molecule has 0 aliphatic rings. The third-order valence-corrected chi connectivity index (χ3v) is 0. The van der Waals surface area contributed by atoms with Gasteiger partial charge in [-0.1, -0.05) is 0 Å². The van der Waals surface area contributed by atoms with Gasteiger partial charge >= 0.3 is 9.05 Å². The van der Waals surface area contributed by atoms with E-state index in [9.17, 15) is 0 Å². The van der Waals surface area contributed by atoms with E-state index in [1.54, 1.807) is 0 Å². The van der Waals surface area contributed by atoms with Crippen LogP contribution in [0.3, 0.4) is 0 Å². The highest BCUT2D eigenvalue weighted by Gasteiger charge is 2.22. The zero-order valence-electron chi connectivity index (χ0n) is 3.92. The minimum absolute atomic E-state index is 0. The van der Waals surface area contributed by atoms with Gasteiger partial charge in [-0.25, -0.2) is 0 Å². The van der Waals surface area contributed by atoms with Gasteiger partial charge in [-0.3, -0.25) is 0 Å². The first-order chi connectivity index (χ1) is 2.00. The molecule has 0 atom stereocenters. The lowest BCUT2D eigenvalue weighted by atomic mass is 15.7. The largest absolute Gasteiger partial charge is 0.668 e. The van der Waals surface area contributed by atoms with Gasteiger partial charge in [0.1, 0.15) is 0 Å². The van der Waals surface area contributed by atoms with E-state index < -0.39 is 9.05 Å². The highest BCUT2D eigenvalue weighted by molar-refractivity contribution is 6.46. The van der Waals surface area contributed by atoms with Gasteiger partial charge in [0.2, 0.25) is 0 Å². The molecule has 0 aliphatic heterocycles. The van der Waals surface area contributed by atoms with Crippen molar-refractivity contribution >= 4 is 69.6 Å². The van der Waals surface area contributed by atoms with E-state index in [0.29, 0.717) is 0 Å². The van der Waals surface area contributed by atoms with Gasteiger partial charge in [-0.05, 0) is 11.0 Å². The van der Waals surface area contributed by atoms with Gasteiger partial charge in [0.15, 0.2) is 0 Å². The Balaban J connectivity index is -0.00000000800. The SMILES string of the molecule is Cl.Cl.Cl.Cl.O[Si](O)(O)O.[SiH4]. The van der Waals surface area contributed by atoms with Crippen molar-refractivity contribution in [3.05, 3.63) is 0 Å². The number of hydrogen-bond acceptors (Lipinski definition) is 4. The summed E-state index contributed by atoms with van der Waals surface area (Å²) in [6.45, 7) is 0. The van der Waals surface area contributed by atoms with Gasteiger partial charge < -0.3 is 19.2 Å². The van der Waals surface area contributed by atoms with Crippen molar-refractivity contribution in [2.24, 2.45) is 0 Å². The molecule has 0 bridgehead atoms. The molecule has 0 aliphatic carbocycles. The summed E-state index contributed by atoms with van der Waals surface area (Å²) in [6.07, 6.45) is 0. The van der Waals surface area contributed by atoms with Crippen LogP contribution < -0.4 is 0 Å². The van der Waals surface area contributed by atoms with E-state index in [0.717, 1.165) is 0 Å². The fraction of sp³-hybridized carbons (Fsp3) is 0. The molecule has 0 aromatic carbocycles. The Morgan fingerprint density at radius 1 is 0.600 bits per heavy atom. The normalized spacial score (nSPS) is 6.00. The van der Waals surface area contributed by atoms with Crippen LogP contribution in [0, 0.1) is 0 Å². The Bertz CT molecular complexity index is 30.7. The number of hydrogen-bond donors (Lipinski definition) is 4. The van der Waals surface area contributed by atoms with Crippen LogP contribution in [0.25, 0.3) is 0 Å². The predicted molar refractivity (Wildman–Crippen MR) is 55.0 cm³/mol. The van der Waals surface area contributed by atoms with Gasteiger partial charge in [0.05, 0.1) is 0 Å². The molecule has 0 saturated heterocycles. The first-order valence-electron chi connectivity index (χ1n) is 0.894. The van der Waals surface area contributed by atoms with E-state index in [4.69, 9.17) is 19.2 Å². The average Bonchev–Trinajstić information content (AvgIpc) is 0.722. The zero-order chi connectivity index (χ0) is 4.50. The van der Waals surface area contributed by atoms with Crippen LogP contribution in [0.5, 0.6) is 0 Å². The number of halogens is 4. The van der Waals surface area contributed by atoms with Gasteiger partial charge in [0.25, 0.3) is 0 Å². The predicted octanol–water partition coefficient (Wildman–Crippen LogP) is -2.37. The molecule has 0 spiro atoms. The fourth-order valence-electron chi connectivity index (χ4n) is 0. The van der Waals surface area contributed by atoms with Crippen LogP contribution in [-0.2, 0) is 0 Å². The standard InChI is InChI=1S/4ClH.H4O4Si.H4Si/c;;;;1-5(2,3)4;/h4*1H;1-4H;1H4. The van der Waals surface area contributed by atoms with Crippen molar-refractivity contribution in [1.82, 2.24) is 0 Å². The molecule has 0 amide bonds. The molecule has 0 aromatic rings. The van der Waals surface area contributed by atoms with Crippen LogP contribution in [0.15, 0.2) is 0 Å². The van der Waals surface area contributed by atoms with Gasteiger partial charge in [-0.2, -0.15) is 0 Å². The molecule has 0 aromatic heterocycles. The molecule has 4 nitrogen and oxygen atoms in total. The summed E-state index contributed by atoms with van der Waals surface area (Å²) in [6, 6.07) is 0. The Hall–Kier alpha value is 1.43.